The van der Waals surface area contributed by atoms with E-state index in [2.05, 4.69) is 16.9 Å². The molecule has 3 heterocycles. The first-order valence-corrected chi connectivity index (χ1v) is 11.8. The van der Waals surface area contributed by atoms with Crippen molar-refractivity contribution in [3.8, 4) is 16.9 Å². The van der Waals surface area contributed by atoms with Crippen LogP contribution in [0.3, 0.4) is 0 Å². The fourth-order valence-electron chi connectivity index (χ4n) is 4.54. The fraction of sp³-hybridized carbons (Fsp3) is 0.407. The van der Waals surface area contributed by atoms with Gasteiger partial charge >= 0.3 is 0 Å². The molecule has 0 bridgehead atoms. The van der Waals surface area contributed by atoms with Crippen molar-refractivity contribution in [2.45, 2.75) is 58.9 Å². The van der Waals surface area contributed by atoms with Crippen LogP contribution >= 0.6 is 0 Å². The molecule has 6 nitrogen and oxygen atoms in total. The van der Waals surface area contributed by atoms with Crippen molar-refractivity contribution in [2.24, 2.45) is 0 Å². The van der Waals surface area contributed by atoms with Gasteiger partial charge < -0.3 is 9.64 Å². The number of pyridine rings is 1. The minimum absolute atomic E-state index is 0.00122. The van der Waals surface area contributed by atoms with Crippen LogP contribution in [0.15, 0.2) is 48.9 Å². The largest absolute Gasteiger partial charge is 0.483 e. The molecule has 0 saturated carbocycles. The number of ether oxygens (including phenoxy) is 1. The van der Waals surface area contributed by atoms with E-state index in [9.17, 15) is 4.79 Å². The van der Waals surface area contributed by atoms with Crippen LogP contribution in [0.25, 0.3) is 11.1 Å². The van der Waals surface area contributed by atoms with E-state index >= 15 is 0 Å². The average molecular weight is 445 g/mol. The third-order valence-electron chi connectivity index (χ3n) is 6.22. The highest BCUT2D eigenvalue weighted by Gasteiger charge is 2.31. The number of hydrogen-bond donors (Lipinski definition) is 0. The summed E-state index contributed by atoms with van der Waals surface area (Å²) in [5, 5.41) is 0. The number of rotatable bonds is 7. The number of para-hydroxylation sites is 1. The van der Waals surface area contributed by atoms with Gasteiger partial charge in [0, 0.05) is 37.1 Å². The molecule has 0 radical (unpaired) electrons. The summed E-state index contributed by atoms with van der Waals surface area (Å²) in [6.45, 7) is 6.88. The summed E-state index contributed by atoms with van der Waals surface area (Å²) in [6, 6.07) is 9.88. The molecule has 1 aliphatic heterocycles. The van der Waals surface area contributed by atoms with Crippen LogP contribution in [0, 0.1) is 13.8 Å². The van der Waals surface area contributed by atoms with Gasteiger partial charge in [-0.2, -0.15) is 0 Å². The predicted molar refractivity (Wildman–Crippen MR) is 129 cm³/mol. The predicted octanol–water partition coefficient (Wildman–Crippen LogP) is 5.24. The average Bonchev–Trinajstić information content (AvgIpc) is 2.84. The van der Waals surface area contributed by atoms with E-state index in [1.165, 1.54) is 0 Å². The van der Waals surface area contributed by atoms with Crippen molar-refractivity contribution in [1.29, 1.82) is 0 Å². The van der Waals surface area contributed by atoms with Gasteiger partial charge in [-0.1, -0.05) is 25.1 Å². The topological polar surface area (TPSA) is 68.2 Å². The highest BCUT2D eigenvalue weighted by molar-refractivity contribution is 5.79. The number of likely N-dealkylation sites (tertiary alicyclic amines) is 1. The Morgan fingerprint density at radius 2 is 1.88 bits per heavy atom. The molecule has 1 fully saturated rings. The molecule has 1 aromatic carbocycles. The highest BCUT2D eigenvalue weighted by Crippen LogP contribution is 2.36. The van der Waals surface area contributed by atoms with Crippen LogP contribution in [0.2, 0.25) is 0 Å². The Kier molecular flexibility index (Phi) is 7.33. The Balaban J connectivity index is 1.63. The number of aryl methyl sites for hydroxylation is 3. The van der Waals surface area contributed by atoms with Crippen molar-refractivity contribution >= 4 is 5.91 Å². The number of carbonyl (C=O) groups excluding carboxylic acids is 1. The van der Waals surface area contributed by atoms with Gasteiger partial charge in [-0.05, 0) is 68.4 Å². The lowest BCUT2D eigenvalue weighted by Crippen LogP contribution is -2.41. The normalized spacial score (nSPS) is 16.0. The van der Waals surface area contributed by atoms with Crippen molar-refractivity contribution < 1.29 is 9.53 Å². The second-order valence-corrected chi connectivity index (χ2v) is 8.68. The summed E-state index contributed by atoms with van der Waals surface area (Å²) >= 11 is 0. The number of piperidine rings is 1. The van der Waals surface area contributed by atoms with Crippen molar-refractivity contribution in [3.63, 3.8) is 0 Å². The third-order valence-corrected chi connectivity index (χ3v) is 6.22. The summed E-state index contributed by atoms with van der Waals surface area (Å²) in [7, 11) is 0. The molecule has 1 aliphatic rings. The number of aromatic nitrogens is 3. The molecule has 0 N–H and O–H groups in total. The number of carbonyl (C=O) groups is 1. The number of amides is 1. The number of benzene rings is 1. The maximum atomic E-state index is 13.4. The molecule has 0 spiro atoms. The number of nitrogens with zero attached hydrogens (tertiary/aromatic N) is 4. The zero-order chi connectivity index (χ0) is 23.2. The van der Waals surface area contributed by atoms with Gasteiger partial charge in [-0.15, -0.1) is 0 Å². The zero-order valence-corrected chi connectivity index (χ0v) is 19.8. The molecule has 1 saturated heterocycles. The molecule has 0 aliphatic carbocycles. The maximum Gasteiger partial charge on any atom is 0.261 e. The van der Waals surface area contributed by atoms with Crippen molar-refractivity contribution in [1.82, 2.24) is 19.9 Å². The molecule has 33 heavy (non-hydrogen) atoms. The van der Waals surface area contributed by atoms with Gasteiger partial charge in [-0.3, -0.25) is 9.78 Å². The van der Waals surface area contributed by atoms with E-state index in [-0.39, 0.29) is 18.6 Å². The first-order valence-electron chi connectivity index (χ1n) is 11.8. The zero-order valence-electron chi connectivity index (χ0n) is 19.8. The molecule has 2 aromatic heterocycles. The summed E-state index contributed by atoms with van der Waals surface area (Å²) < 4.78 is 6.01. The molecule has 1 amide bonds. The smallest absolute Gasteiger partial charge is 0.261 e. The quantitative estimate of drug-likeness (QED) is 0.498. The Bertz CT molecular complexity index is 1080. The second-order valence-electron chi connectivity index (χ2n) is 8.68. The fourth-order valence-corrected chi connectivity index (χ4v) is 4.54. The molecule has 3 aromatic rings. The summed E-state index contributed by atoms with van der Waals surface area (Å²) in [6.07, 6.45) is 10.2. The van der Waals surface area contributed by atoms with E-state index in [0.29, 0.717) is 6.54 Å². The lowest BCUT2D eigenvalue weighted by molar-refractivity contribution is -0.137. The van der Waals surface area contributed by atoms with Gasteiger partial charge in [-0.25, -0.2) is 9.97 Å². The van der Waals surface area contributed by atoms with Crippen LogP contribution in [0.4, 0.5) is 0 Å². The molecule has 0 unspecified atom stereocenters. The molecule has 172 valence electrons. The Morgan fingerprint density at radius 1 is 1.12 bits per heavy atom. The van der Waals surface area contributed by atoms with Gasteiger partial charge in [0.1, 0.15) is 11.6 Å². The van der Waals surface area contributed by atoms with Crippen LogP contribution in [-0.4, -0.2) is 38.9 Å². The number of hydrogen-bond acceptors (Lipinski definition) is 5. The van der Waals surface area contributed by atoms with Crippen molar-refractivity contribution in [2.75, 3.05) is 13.2 Å². The minimum Gasteiger partial charge on any atom is -0.483 e. The summed E-state index contributed by atoms with van der Waals surface area (Å²) in [5.74, 6) is 1.62. The lowest BCUT2D eigenvalue weighted by Gasteiger charge is -2.36. The Labute approximate surface area is 196 Å². The van der Waals surface area contributed by atoms with Gasteiger partial charge in [0.05, 0.1) is 11.7 Å². The standard InChI is InChI=1S/C27H32N4O2/c1-4-8-24-29-17-22(21-12-14-28-15-13-21)26(30-24)23-11-5-6-16-31(23)25(32)18-33-27-19(2)9-7-10-20(27)3/h7,9-10,12-15,17,23H,4-6,8,11,16,18H2,1-3H3/t23-/m1/s1. The van der Waals surface area contributed by atoms with Crippen molar-refractivity contribution in [3.05, 3.63) is 71.6 Å². The van der Waals surface area contributed by atoms with Crippen LogP contribution in [0.5, 0.6) is 5.75 Å². The lowest BCUT2D eigenvalue weighted by atomic mass is 9.94. The van der Waals surface area contributed by atoms with E-state index in [1.54, 1.807) is 12.4 Å². The monoisotopic (exact) mass is 444 g/mol. The SMILES string of the molecule is CCCc1ncc(-c2ccncc2)c([C@H]2CCCCN2C(=O)COc2c(C)cccc2C)n1. The Morgan fingerprint density at radius 3 is 2.61 bits per heavy atom. The van der Waals surface area contributed by atoms with E-state index < -0.39 is 0 Å². The molecule has 1 atom stereocenters. The van der Waals surface area contributed by atoms with Gasteiger partial charge in [0.15, 0.2) is 6.61 Å². The first-order chi connectivity index (χ1) is 16.1. The van der Waals surface area contributed by atoms with E-state index in [1.807, 2.05) is 55.3 Å². The van der Waals surface area contributed by atoms with E-state index in [0.717, 1.165) is 71.6 Å². The highest BCUT2D eigenvalue weighted by atomic mass is 16.5. The second kappa shape index (κ2) is 10.6. The molecule has 6 heteroatoms. The minimum atomic E-state index is -0.0883. The third kappa shape index (κ3) is 5.21. The molecular weight excluding hydrogens is 412 g/mol. The van der Waals surface area contributed by atoms with E-state index in [4.69, 9.17) is 9.72 Å². The Hall–Kier alpha value is -3.28. The van der Waals surface area contributed by atoms with Crippen LogP contribution in [0.1, 0.15) is 61.3 Å². The summed E-state index contributed by atoms with van der Waals surface area (Å²) in [5.41, 5.74) is 5.00. The molecular formula is C27H32N4O2. The van der Waals surface area contributed by atoms with Gasteiger partial charge in [0.25, 0.3) is 5.91 Å². The van der Waals surface area contributed by atoms with Crippen LogP contribution < -0.4 is 4.74 Å². The van der Waals surface area contributed by atoms with Crippen LogP contribution in [-0.2, 0) is 11.2 Å². The first kappa shape index (κ1) is 22.9. The summed E-state index contributed by atoms with van der Waals surface area (Å²) in [4.78, 5) is 29.1. The maximum absolute atomic E-state index is 13.4. The van der Waals surface area contributed by atoms with Gasteiger partial charge in [0.2, 0.25) is 0 Å². The molecule has 4 rings (SSSR count).